The first-order valence-electron chi connectivity index (χ1n) is 12.7. The zero-order valence-electron chi connectivity index (χ0n) is 21.9. The van der Waals surface area contributed by atoms with Crippen LogP contribution in [0.5, 0.6) is 5.75 Å². The van der Waals surface area contributed by atoms with Crippen molar-refractivity contribution in [2.45, 2.75) is 44.3 Å². The lowest BCUT2D eigenvalue weighted by atomic mass is 10.0. The van der Waals surface area contributed by atoms with E-state index < -0.39 is 35.9 Å². The van der Waals surface area contributed by atoms with Crippen molar-refractivity contribution in [2.24, 2.45) is 0 Å². The number of aromatic nitrogens is 1. The van der Waals surface area contributed by atoms with Crippen LogP contribution >= 0.6 is 11.3 Å². The second kappa shape index (κ2) is 12.2. The van der Waals surface area contributed by atoms with E-state index in [-0.39, 0.29) is 29.6 Å². The summed E-state index contributed by atoms with van der Waals surface area (Å²) in [5, 5.41) is 23.8. The van der Waals surface area contributed by atoms with E-state index in [0.29, 0.717) is 35.5 Å². The van der Waals surface area contributed by atoms with E-state index in [0.717, 1.165) is 4.90 Å². The number of benzene rings is 2. The van der Waals surface area contributed by atoms with Crippen LogP contribution in [0.15, 0.2) is 53.9 Å². The van der Waals surface area contributed by atoms with E-state index in [4.69, 9.17) is 0 Å². The van der Waals surface area contributed by atoms with Gasteiger partial charge in [-0.1, -0.05) is 12.1 Å². The molecule has 3 aromatic rings. The van der Waals surface area contributed by atoms with Crippen molar-refractivity contribution >= 4 is 35.0 Å². The van der Waals surface area contributed by atoms with Crippen molar-refractivity contribution in [2.75, 3.05) is 13.6 Å². The van der Waals surface area contributed by atoms with Gasteiger partial charge in [-0.05, 0) is 61.7 Å². The number of carbonyl (C=O) groups is 4. The van der Waals surface area contributed by atoms with Gasteiger partial charge in [-0.2, -0.15) is 0 Å². The Morgan fingerprint density at radius 1 is 1.15 bits per heavy atom. The predicted molar refractivity (Wildman–Crippen MR) is 145 cm³/mol. The number of hydrogen-bond donors (Lipinski definition) is 3. The van der Waals surface area contributed by atoms with Gasteiger partial charge in [-0.25, -0.2) is 14.2 Å². The molecule has 1 aromatic heterocycles. The summed E-state index contributed by atoms with van der Waals surface area (Å²) in [5.41, 5.74) is 1.19. The molecule has 1 aliphatic heterocycles. The van der Waals surface area contributed by atoms with Crippen LogP contribution in [0.1, 0.15) is 52.4 Å². The average molecular weight is 569 g/mol. The third-order valence-corrected chi connectivity index (χ3v) is 7.88. The summed E-state index contributed by atoms with van der Waals surface area (Å²) in [6, 6.07) is 8.97. The Balaban J connectivity index is 1.56. The molecule has 3 amide bonds. The number of hydrogen-bond acceptors (Lipinski definition) is 7. The van der Waals surface area contributed by atoms with Crippen molar-refractivity contribution in [3.8, 4) is 5.75 Å². The van der Waals surface area contributed by atoms with Crippen molar-refractivity contribution in [1.82, 2.24) is 20.1 Å². The molecule has 4 rings (SSSR count). The summed E-state index contributed by atoms with van der Waals surface area (Å²) in [5.74, 6) is -1.74. The van der Waals surface area contributed by atoms with E-state index in [2.05, 4.69) is 10.3 Å². The van der Waals surface area contributed by atoms with E-state index in [1.165, 1.54) is 61.7 Å². The van der Waals surface area contributed by atoms with Crippen molar-refractivity contribution in [3.05, 3.63) is 81.6 Å². The summed E-state index contributed by atoms with van der Waals surface area (Å²) >= 11 is 1.25. The summed E-state index contributed by atoms with van der Waals surface area (Å²) in [7, 11) is 1.27. The average Bonchev–Trinajstić information content (AvgIpc) is 3.62. The number of likely N-dealkylation sites (tertiary alicyclic amines) is 1. The number of halogens is 1. The van der Waals surface area contributed by atoms with Crippen molar-refractivity contribution in [3.63, 3.8) is 0 Å². The minimum atomic E-state index is -1.28. The fourth-order valence-corrected chi connectivity index (χ4v) is 5.43. The van der Waals surface area contributed by atoms with Crippen LogP contribution < -0.4 is 5.32 Å². The highest BCUT2D eigenvalue weighted by Crippen LogP contribution is 2.35. The van der Waals surface area contributed by atoms with Gasteiger partial charge < -0.3 is 20.4 Å². The van der Waals surface area contributed by atoms with Gasteiger partial charge in [-0.3, -0.25) is 19.3 Å². The minimum Gasteiger partial charge on any atom is -0.508 e. The number of nitrogens with one attached hydrogen (secondary N) is 1. The van der Waals surface area contributed by atoms with Crippen LogP contribution in [0.4, 0.5) is 9.18 Å². The van der Waals surface area contributed by atoms with Crippen molar-refractivity contribution in [1.29, 1.82) is 0 Å². The summed E-state index contributed by atoms with van der Waals surface area (Å²) in [6.07, 6.45) is 0.138. The molecule has 2 heterocycles. The monoisotopic (exact) mass is 568 g/mol. The number of thiazole rings is 1. The van der Waals surface area contributed by atoms with Crippen LogP contribution in [0.3, 0.4) is 0 Å². The topological polar surface area (TPSA) is 140 Å². The fourth-order valence-electron chi connectivity index (χ4n) is 4.48. The third-order valence-electron chi connectivity index (χ3n) is 6.93. The number of nitrogens with zero attached hydrogens (tertiary/aromatic N) is 3. The molecule has 2 aromatic carbocycles. The molecule has 3 N–H and O–H groups in total. The molecule has 0 radical (unpaired) electrons. The largest absolute Gasteiger partial charge is 0.508 e. The first-order chi connectivity index (χ1) is 19.0. The third kappa shape index (κ3) is 6.45. The van der Waals surface area contributed by atoms with E-state index in [9.17, 15) is 33.8 Å². The molecule has 3 unspecified atom stereocenters. The molecule has 0 bridgehead atoms. The van der Waals surface area contributed by atoms with E-state index >= 15 is 0 Å². The highest BCUT2D eigenvalue weighted by atomic mass is 32.1. The quantitative estimate of drug-likeness (QED) is 0.335. The number of carbonyl (C=O) groups excluding carboxylic acids is 3. The summed E-state index contributed by atoms with van der Waals surface area (Å²) in [6.45, 7) is 1.84. The van der Waals surface area contributed by atoms with Gasteiger partial charge in [0, 0.05) is 31.0 Å². The maximum absolute atomic E-state index is 13.9. The zero-order chi connectivity index (χ0) is 29.0. The molecule has 1 aliphatic rings. The van der Waals surface area contributed by atoms with Crippen LogP contribution in [0, 0.1) is 5.82 Å². The van der Waals surface area contributed by atoms with Crippen LogP contribution in [0.25, 0.3) is 0 Å². The molecular weight excluding hydrogens is 539 g/mol. The lowest BCUT2D eigenvalue weighted by Gasteiger charge is -2.30. The Morgan fingerprint density at radius 3 is 2.48 bits per heavy atom. The van der Waals surface area contributed by atoms with Gasteiger partial charge in [0.05, 0.1) is 6.04 Å². The maximum Gasteiger partial charge on any atom is 0.407 e. The molecule has 3 atom stereocenters. The number of ketones is 1. The molecule has 1 saturated heterocycles. The van der Waals surface area contributed by atoms with Crippen LogP contribution in [0.2, 0.25) is 0 Å². The lowest BCUT2D eigenvalue weighted by molar-refractivity contribution is -0.138. The molecule has 0 saturated carbocycles. The highest BCUT2D eigenvalue weighted by Gasteiger charge is 2.37. The highest BCUT2D eigenvalue weighted by molar-refractivity contribution is 7.10. The number of carboxylic acid groups (broad SMARTS) is 1. The second-order valence-electron chi connectivity index (χ2n) is 9.60. The summed E-state index contributed by atoms with van der Waals surface area (Å²) < 4.78 is 13.3. The maximum atomic E-state index is 13.9. The fraction of sp³-hybridized carbons (Fsp3) is 0.321. The Hall–Kier alpha value is -4.32. The number of likely N-dealkylation sites (N-methyl/N-ethyl adjacent to an activating group) is 1. The van der Waals surface area contributed by atoms with E-state index in [1.807, 2.05) is 0 Å². The van der Waals surface area contributed by atoms with Crippen molar-refractivity contribution < 1.29 is 33.8 Å². The Labute approximate surface area is 234 Å². The molecule has 0 spiro atoms. The first kappa shape index (κ1) is 28.7. The smallest absolute Gasteiger partial charge is 0.407 e. The molecular formula is C28H29FN4O6S. The lowest BCUT2D eigenvalue weighted by Crippen LogP contribution is -2.54. The molecule has 40 heavy (non-hydrogen) atoms. The Kier molecular flexibility index (Phi) is 8.78. The van der Waals surface area contributed by atoms with Crippen LogP contribution in [-0.2, 0) is 16.0 Å². The van der Waals surface area contributed by atoms with Crippen LogP contribution in [-0.4, -0.2) is 74.4 Å². The normalized spacial score (nSPS) is 16.3. The number of phenolic OH excluding ortho intramolecular Hbond substituents is 1. The van der Waals surface area contributed by atoms with Gasteiger partial charge >= 0.3 is 6.09 Å². The number of phenols is 1. The SMILES string of the molecule is CC(C(=O)NC(Cc1ccc(O)cc1)C(=O)N1CCCC1c1nc(C(=O)c2ccc(F)cc2)cs1)N(C)C(=O)O. The molecule has 1 fully saturated rings. The first-order valence-corrected chi connectivity index (χ1v) is 13.5. The predicted octanol–water partition coefficient (Wildman–Crippen LogP) is 3.61. The van der Waals surface area contributed by atoms with Gasteiger partial charge in [0.15, 0.2) is 0 Å². The second-order valence-corrected chi connectivity index (χ2v) is 10.5. The molecule has 10 nitrogen and oxygen atoms in total. The Bertz CT molecular complexity index is 1390. The van der Waals surface area contributed by atoms with Gasteiger partial charge in [-0.15, -0.1) is 11.3 Å². The zero-order valence-corrected chi connectivity index (χ0v) is 22.7. The molecule has 210 valence electrons. The number of rotatable bonds is 9. The standard InChI is InChI=1S/C28H29FN4O6S/c1-16(32(2)28(38)39)25(36)30-21(14-17-5-11-20(34)12-6-17)27(37)33-13-3-4-23(33)26-31-22(15-40-26)24(35)18-7-9-19(29)10-8-18/h5-12,15-16,21,23,34H,3-4,13-14H2,1-2H3,(H,30,36)(H,38,39). The van der Waals surface area contributed by atoms with E-state index in [1.54, 1.807) is 22.4 Å². The van der Waals surface area contributed by atoms with Gasteiger partial charge in [0.1, 0.15) is 34.4 Å². The van der Waals surface area contributed by atoms with Gasteiger partial charge in [0.25, 0.3) is 0 Å². The minimum absolute atomic E-state index is 0.0572. The number of aromatic hydroxyl groups is 1. The summed E-state index contributed by atoms with van der Waals surface area (Å²) in [4.78, 5) is 58.0. The molecule has 0 aliphatic carbocycles. The molecule has 12 heteroatoms. The van der Waals surface area contributed by atoms with Gasteiger partial charge in [0.2, 0.25) is 17.6 Å². The number of amides is 3. The Morgan fingerprint density at radius 2 is 1.82 bits per heavy atom.